The van der Waals surface area contributed by atoms with E-state index >= 15 is 0 Å². The second kappa shape index (κ2) is 9.77. The Balaban J connectivity index is 1.47. The smallest absolute Gasteiger partial charge is 0.201 e. The largest absolute Gasteiger partial charge is 0.486 e. The summed E-state index contributed by atoms with van der Waals surface area (Å²) in [6.07, 6.45) is 6.38. The highest BCUT2D eigenvalue weighted by Gasteiger charge is 2.21. The van der Waals surface area contributed by atoms with Crippen LogP contribution < -0.4 is 4.74 Å². The molecule has 1 aliphatic carbocycles. The number of rotatable bonds is 6. The van der Waals surface area contributed by atoms with Crippen molar-refractivity contribution in [3.05, 3.63) is 101 Å². The lowest BCUT2D eigenvalue weighted by atomic mass is 9.78. The quantitative estimate of drug-likeness (QED) is 0.206. The zero-order valence-corrected chi connectivity index (χ0v) is 17.9. The molecule has 1 nitrogen and oxygen atoms in total. The lowest BCUT2D eigenvalue weighted by Crippen LogP contribution is -2.11. The van der Waals surface area contributed by atoms with Crippen LogP contribution in [0.2, 0.25) is 0 Å². The minimum atomic E-state index is -1.60. The van der Waals surface area contributed by atoms with Crippen LogP contribution in [0.1, 0.15) is 42.7 Å². The van der Waals surface area contributed by atoms with E-state index < -0.39 is 41.4 Å². The Morgan fingerprint density at radius 1 is 0.788 bits per heavy atom. The van der Waals surface area contributed by atoms with E-state index in [1.54, 1.807) is 12.1 Å². The van der Waals surface area contributed by atoms with Gasteiger partial charge in [0.1, 0.15) is 6.61 Å². The van der Waals surface area contributed by atoms with Crippen LogP contribution in [0.4, 0.5) is 22.0 Å². The molecule has 172 valence electrons. The average Bonchev–Trinajstić information content (AvgIpc) is 2.83. The molecule has 0 N–H and O–H groups in total. The summed E-state index contributed by atoms with van der Waals surface area (Å²) in [5.74, 6) is -6.04. The maximum atomic E-state index is 14.8. The van der Waals surface area contributed by atoms with Gasteiger partial charge in [0, 0.05) is 5.56 Å². The van der Waals surface area contributed by atoms with Gasteiger partial charge in [-0.3, -0.25) is 0 Å². The molecule has 0 heterocycles. The van der Waals surface area contributed by atoms with Crippen LogP contribution in [0.3, 0.4) is 0 Å². The van der Waals surface area contributed by atoms with Gasteiger partial charge in [-0.05, 0) is 78.5 Å². The van der Waals surface area contributed by atoms with Gasteiger partial charge in [0.05, 0.1) is 0 Å². The average molecular weight is 458 g/mol. The monoisotopic (exact) mass is 458 g/mol. The highest BCUT2D eigenvalue weighted by atomic mass is 19.2. The Bertz CT molecular complexity index is 1120. The molecule has 0 spiro atoms. The van der Waals surface area contributed by atoms with Crippen LogP contribution in [0.5, 0.6) is 5.75 Å². The molecule has 4 rings (SSSR count). The molecular formula is C27H23F5O. The van der Waals surface area contributed by atoms with E-state index in [0.717, 1.165) is 37.8 Å². The summed E-state index contributed by atoms with van der Waals surface area (Å²) in [6, 6.07) is 11.6. The molecule has 1 aliphatic rings. The van der Waals surface area contributed by atoms with Crippen molar-refractivity contribution in [1.29, 1.82) is 0 Å². The van der Waals surface area contributed by atoms with Gasteiger partial charge in [-0.1, -0.05) is 30.3 Å². The first-order chi connectivity index (χ1) is 15.9. The third-order valence-corrected chi connectivity index (χ3v) is 6.28. The summed E-state index contributed by atoms with van der Waals surface area (Å²) < 4.78 is 74.2. The van der Waals surface area contributed by atoms with E-state index in [9.17, 15) is 22.0 Å². The fraction of sp³-hybridized carbons (Fsp3) is 0.259. The van der Waals surface area contributed by atoms with Gasteiger partial charge in [-0.25, -0.2) is 17.6 Å². The molecule has 0 saturated heterocycles. The lowest BCUT2D eigenvalue weighted by molar-refractivity contribution is 0.283. The summed E-state index contributed by atoms with van der Waals surface area (Å²) >= 11 is 0. The van der Waals surface area contributed by atoms with Gasteiger partial charge >= 0.3 is 0 Å². The normalized spacial score (nSPS) is 18.2. The van der Waals surface area contributed by atoms with Crippen LogP contribution in [0.15, 0.2) is 61.2 Å². The van der Waals surface area contributed by atoms with E-state index in [-0.39, 0.29) is 11.1 Å². The molecule has 3 aromatic rings. The van der Waals surface area contributed by atoms with Gasteiger partial charge in [0.15, 0.2) is 29.0 Å². The van der Waals surface area contributed by atoms with Crippen molar-refractivity contribution in [3.63, 3.8) is 0 Å². The van der Waals surface area contributed by atoms with E-state index in [2.05, 4.69) is 6.58 Å². The fourth-order valence-corrected chi connectivity index (χ4v) is 4.34. The zero-order chi connectivity index (χ0) is 23.5. The highest BCUT2D eigenvalue weighted by Crippen LogP contribution is 2.37. The Labute approximate surface area is 189 Å². The molecule has 0 aliphatic heterocycles. The van der Waals surface area contributed by atoms with Crippen molar-refractivity contribution >= 4 is 0 Å². The van der Waals surface area contributed by atoms with Crippen LogP contribution >= 0.6 is 0 Å². The van der Waals surface area contributed by atoms with Crippen LogP contribution in [0, 0.1) is 35.0 Å². The Hall–Kier alpha value is -3.15. The summed E-state index contributed by atoms with van der Waals surface area (Å²) in [4.78, 5) is 0. The molecule has 33 heavy (non-hydrogen) atoms. The van der Waals surface area contributed by atoms with E-state index in [4.69, 9.17) is 4.74 Å². The van der Waals surface area contributed by atoms with Crippen molar-refractivity contribution < 1.29 is 26.7 Å². The number of allylic oxidation sites excluding steroid dienone is 1. The minimum absolute atomic E-state index is 0.0482. The Morgan fingerprint density at radius 2 is 1.42 bits per heavy atom. The summed E-state index contributed by atoms with van der Waals surface area (Å²) in [6.45, 7) is 3.42. The molecular weight excluding hydrogens is 435 g/mol. The molecule has 1 fully saturated rings. The third-order valence-electron chi connectivity index (χ3n) is 6.28. The molecule has 0 bridgehead atoms. The molecule has 0 aromatic heterocycles. The first kappa shape index (κ1) is 23.0. The molecule has 6 heteroatoms. The molecule has 3 aromatic carbocycles. The van der Waals surface area contributed by atoms with Gasteiger partial charge in [0.25, 0.3) is 0 Å². The lowest BCUT2D eigenvalue weighted by Gasteiger charge is -2.27. The zero-order valence-electron chi connectivity index (χ0n) is 17.9. The number of benzene rings is 3. The van der Waals surface area contributed by atoms with Gasteiger partial charge in [0.2, 0.25) is 5.82 Å². The van der Waals surface area contributed by atoms with Gasteiger partial charge in [-0.2, -0.15) is 4.39 Å². The Morgan fingerprint density at radius 3 is 2.03 bits per heavy atom. The van der Waals surface area contributed by atoms with Crippen molar-refractivity contribution in [2.45, 2.75) is 38.2 Å². The number of hydrogen-bond acceptors (Lipinski definition) is 1. The minimum Gasteiger partial charge on any atom is -0.486 e. The maximum Gasteiger partial charge on any atom is 0.201 e. The first-order valence-corrected chi connectivity index (χ1v) is 10.8. The van der Waals surface area contributed by atoms with E-state index in [1.807, 2.05) is 18.2 Å². The molecule has 0 atom stereocenters. The summed E-state index contributed by atoms with van der Waals surface area (Å²) in [5, 5.41) is 0. The number of ether oxygens (including phenoxy) is 1. The fourth-order valence-electron chi connectivity index (χ4n) is 4.34. The summed E-state index contributed by atoms with van der Waals surface area (Å²) in [7, 11) is 0. The van der Waals surface area contributed by atoms with Crippen molar-refractivity contribution in [2.75, 3.05) is 0 Å². The SMILES string of the molecule is C=CC1CCC(c2ccc(-c3ccc(OCc4cc(F)c(F)c(F)c4)c(F)c3F)cc2)CC1. The van der Waals surface area contributed by atoms with Crippen molar-refractivity contribution in [3.8, 4) is 16.9 Å². The van der Waals surface area contributed by atoms with E-state index in [0.29, 0.717) is 17.4 Å². The predicted octanol–water partition coefficient (Wildman–Crippen LogP) is 8.09. The summed E-state index contributed by atoms with van der Waals surface area (Å²) in [5.41, 5.74) is 1.75. The van der Waals surface area contributed by atoms with Gasteiger partial charge in [-0.15, -0.1) is 6.58 Å². The maximum absolute atomic E-state index is 14.8. The number of halogens is 5. The van der Waals surface area contributed by atoms with Crippen molar-refractivity contribution in [1.82, 2.24) is 0 Å². The number of hydrogen-bond donors (Lipinski definition) is 0. The molecule has 0 amide bonds. The standard InChI is InChI=1S/C27H23F5O/c1-2-16-3-5-18(6-4-16)19-7-9-20(10-8-19)21-11-12-24(27(32)25(21)30)33-15-17-13-22(28)26(31)23(29)14-17/h2,7-14,16,18H,1,3-6,15H2. The van der Waals surface area contributed by atoms with Crippen LogP contribution in [-0.2, 0) is 6.61 Å². The topological polar surface area (TPSA) is 9.23 Å². The predicted molar refractivity (Wildman–Crippen MR) is 117 cm³/mol. The second-order valence-corrected chi connectivity index (χ2v) is 8.37. The molecule has 0 radical (unpaired) electrons. The second-order valence-electron chi connectivity index (χ2n) is 8.37. The van der Waals surface area contributed by atoms with Crippen LogP contribution in [0.25, 0.3) is 11.1 Å². The van der Waals surface area contributed by atoms with E-state index in [1.165, 1.54) is 17.7 Å². The highest BCUT2D eigenvalue weighted by molar-refractivity contribution is 5.65. The van der Waals surface area contributed by atoms with Crippen molar-refractivity contribution in [2.24, 2.45) is 5.92 Å². The third kappa shape index (κ3) is 4.95. The molecule has 0 unspecified atom stereocenters. The molecule has 1 saturated carbocycles. The first-order valence-electron chi connectivity index (χ1n) is 10.8. The Kier molecular flexibility index (Phi) is 6.82. The van der Waals surface area contributed by atoms with Crippen LogP contribution in [-0.4, -0.2) is 0 Å². The van der Waals surface area contributed by atoms with Gasteiger partial charge < -0.3 is 4.74 Å².